The summed E-state index contributed by atoms with van der Waals surface area (Å²) in [5, 5.41) is 10.3. The number of hydrogen-bond acceptors (Lipinski definition) is 6. The van der Waals surface area contributed by atoms with E-state index in [1.165, 1.54) is 25.7 Å². The van der Waals surface area contributed by atoms with Gasteiger partial charge in [-0.15, -0.1) is 10.2 Å². The first-order valence-electron chi connectivity index (χ1n) is 11.0. The molecule has 2 aromatic heterocycles. The molecule has 0 spiro atoms. The van der Waals surface area contributed by atoms with Gasteiger partial charge < -0.3 is 9.32 Å². The van der Waals surface area contributed by atoms with Gasteiger partial charge in [-0.3, -0.25) is 4.79 Å². The molecule has 2 fully saturated rings. The first-order chi connectivity index (χ1) is 14.7. The number of benzene rings is 1. The van der Waals surface area contributed by atoms with Crippen LogP contribution in [0.25, 0.3) is 11.0 Å². The number of carbonyl (C=O) groups is 1. The molecule has 5 rings (SSSR count). The lowest BCUT2D eigenvalue weighted by Gasteiger charge is -2.34. The van der Waals surface area contributed by atoms with Crippen molar-refractivity contribution in [3.63, 3.8) is 0 Å². The molecule has 158 valence electrons. The molecule has 0 radical (unpaired) electrons. The molecule has 1 aromatic carbocycles. The normalized spacial score (nSPS) is 17.9. The van der Waals surface area contributed by atoms with Gasteiger partial charge in [0.2, 0.25) is 0 Å². The second-order valence-corrected chi connectivity index (χ2v) is 10.8. The van der Waals surface area contributed by atoms with Crippen LogP contribution in [0.2, 0.25) is 0 Å². The molecule has 0 bridgehead atoms. The maximum absolute atomic E-state index is 13.9. The highest BCUT2D eigenvalue weighted by molar-refractivity contribution is 8.00. The molecular weight excluding hydrogens is 414 g/mol. The monoisotopic (exact) mass is 441 g/mol. The third-order valence-electron chi connectivity index (χ3n) is 6.41. The van der Waals surface area contributed by atoms with E-state index in [0.717, 1.165) is 51.6 Å². The van der Waals surface area contributed by atoms with Crippen molar-refractivity contribution in [3.8, 4) is 0 Å². The van der Waals surface area contributed by atoms with Crippen LogP contribution < -0.4 is 0 Å². The fourth-order valence-corrected chi connectivity index (χ4v) is 6.84. The Hall–Kier alpha value is -1.86. The van der Waals surface area contributed by atoms with Gasteiger partial charge in [0.1, 0.15) is 10.6 Å². The third kappa shape index (κ3) is 3.89. The second-order valence-electron chi connectivity index (χ2n) is 8.37. The fraction of sp³-hybridized carbons (Fsp3) is 0.522. The molecule has 0 unspecified atom stereocenters. The Morgan fingerprint density at radius 2 is 1.77 bits per heavy atom. The lowest BCUT2D eigenvalue weighted by Crippen LogP contribution is -2.45. The molecule has 0 aliphatic heterocycles. The molecule has 2 aliphatic carbocycles. The maximum Gasteiger partial charge on any atom is 0.290 e. The largest absolute Gasteiger partial charge is 0.451 e. The number of fused-ring (bicyclic) bond motifs is 1. The van der Waals surface area contributed by atoms with Crippen molar-refractivity contribution in [3.05, 3.63) is 40.6 Å². The molecule has 2 saturated carbocycles. The Balaban J connectivity index is 1.50. The molecule has 0 atom stereocenters. The van der Waals surface area contributed by atoms with E-state index in [1.807, 2.05) is 25.1 Å². The Morgan fingerprint density at radius 3 is 2.40 bits per heavy atom. The smallest absolute Gasteiger partial charge is 0.290 e. The van der Waals surface area contributed by atoms with Gasteiger partial charge in [0.15, 0.2) is 10.1 Å². The first kappa shape index (κ1) is 20.1. The summed E-state index contributed by atoms with van der Waals surface area (Å²) in [5.74, 6) is 1.29. The van der Waals surface area contributed by atoms with E-state index in [4.69, 9.17) is 4.42 Å². The van der Waals surface area contributed by atoms with Gasteiger partial charge >= 0.3 is 0 Å². The predicted molar refractivity (Wildman–Crippen MR) is 121 cm³/mol. The highest BCUT2D eigenvalue weighted by Crippen LogP contribution is 2.37. The van der Waals surface area contributed by atoms with Gasteiger partial charge in [0.05, 0.1) is 0 Å². The number of furan rings is 1. The third-order valence-corrected chi connectivity index (χ3v) is 8.41. The van der Waals surface area contributed by atoms with E-state index in [0.29, 0.717) is 23.6 Å². The van der Waals surface area contributed by atoms with Crippen LogP contribution in [0.3, 0.4) is 0 Å². The quantitative estimate of drug-likeness (QED) is 0.425. The Morgan fingerprint density at radius 1 is 1.10 bits per heavy atom. The van der Waals surface area contributed by atoms with E-state index >= 15 is 0 Å². The number of aryl methyl sites for hydroxylation is 1. The van der Waals surface area contributed by atoms with Crippen LogP contribution in [0.4, 0.5) is 0 Å². The van der Waals surface area contributed by atoms with Crippen molar-refractivity contribution >= 4 is 40.0 Å². The van der Waals surface area contributed by atoms with Crippen LogP contribution in [0, 0.1) is 6.92 Å². The van der Waals surface area contributed by atoms with E-state index in [1.54, 1.807) is 23.1 Å². The summed E-state index contributed by atoms with van der Waals surface area (Å²) in [4.78, 5) is 16.1. The molecule has 30 heavy (non-hydrogen) atoms. The van der Waals surface area contributed by atoms with Crippen molar-refractivity contribution in [2.24, 2.45) is 0 Å². The van der Waals surface area contributed by atoms with Gasteiger partial charge in [-0.05, 0) is 38.7 Å². The van der Waals surface area contributed by atoms with E-state index in [2.05, 4.69) is 21.2 Å². The zero-order valence-corrected chi connectivity index (χ0v) is 18.9. The summed E-state index contributed by atoms with van der Waals surface area (Å²) in [5.41, 5.74) is 1.79. The zero-order chi connectivity index (χ0) is 20.5. The molecule has 1 amide bonds. The highest BCUT2D eigenvalue weighted by Gasteiger charge is 2.37. The highest BCUT2D eigenvalue weighted by atomic mass is 32.2. The van der Waals surface area contributed by atoms with Crippen LogP contribution in [0.15, 0.2) is 33.0 Å². The standard InChI is InChI=1S/C23H27N3O2S2/c1-15-24-25-23(30-15)29-14-19-18-12-6-7-13-20(18)28-21(19)22(27)26(16-8-2-3-9-16)17-10-4-5-11-17/h6-7,12-13,16-17H,2-5,8-11,14H2,1H3. The Kier molecular flexibility index (Phi) is 5.83. The summed E-state index contributed by atoms with van der Waals surface area (Å²) in [6.45, 7) is 1.96. The lowest BCUT2D eigenvalue weighted by atomic mass is 10.1. The molecule has 2 aliphatic rings. The van der Waals surface area contributed by atoms with Gasteiger partial charge in [-0.25, -0.2) is 0 Å². The van der Waals surface area contributed by atoms with Crippen molar-refractivity contribution in [2.75, 3.05) is 0 Å². The lowest BCUT2D eigenvalue weighted by molar-refractivity contribution is 0.0549. The number of hydrogen-bond donors (Lipinski definition) is 0. The summed E-state index contributed by atoms with van der Waals surface area (Å²) in [6, 6.07) is 8.73. The zero-order valence-electron chi connectivity index (χ0n) is 17.3. The predicted octanol–water partition coefficient (Wildman–Crippen LogP) is 6.21. The van der Waals surface area contributed by atoms with Crippen molar-refractivity contribution in [1.82, 2.24) is 15.1 Å². The molecule has 3 aromatic rings. The van der Waals surface area contributed by atoms with E-state index in [9.17, 15) is 4.79 Å². The fourth-order valence-electron chi connectivity index (χ4n) is 5.00. The van der Waals surface area contributed by atoms with Crippen molar-refractivity contribution in [2.45, 2.75) is 80.5 Å². The molecule has 5 nitrogen and oxygen atoms in total. The molecule has 2 heterocycles. The van der Waals surface area contributed by atoms with Crippen LogP contribution >= 0.6 is 23.1 Å². The number of nitrogens with zero attached hydrogens (tertiary/aromatic N) is 3. The van der Waals surface area contributed by atoms with Crippen LogP contribution in [-0.4, -0.2) is 33.1 Å². The Labute approximate surface area is 185 Å². The van der Waals surface area contributed by atoms with Gasteiger partial charge in [0, 0.05) is 28.8 Å². The maximum atomic E-state index is 13.9. The SMILES string of the molecule is Cc1nnc(SCc2c(C(=O)N(C3CCCC3)C3CCCC3)oc3ccccc23)s1. The summed E-state index contributed by atoms with van der Waals surface area (Å²) in [7, 11) is 0. The topological polar surface area (TPSA) is 59.2 Å². The van der Waals surface area contributed by atoms with Crippen molar-refractivity contribution in [1.29, 1.82) is 0 Å². The number of thioether (sulfide) groups is 1. The van der Waals surface area contributed by atoms with Gasteiger partial charge in [0.25, 0.3) is 5.91 Å². The van der Waals surface area contributed by atoms with Crippen LogP contribution in [0.5, 0.6) is 0 Å². The van der Waals surface area contributed by atoms with Gasteiger partial charge in [-0.2, -0.15) is 0 Å². The number of carbonyl (C=O) groups excluding carboxylic acids is 1. The minimum absolute atomic E-state index is 0.0917. The van der Waals surface area contributed by atoms with E-state index in [-0.39, 0.29) is 5.91 Å². The summed E-state index contributed by atoms with van der Waals surface area (Å²) >= 11 is 3.23. The average molecular weight is 442 g/mol. The van der Waals surface area contributed by atoms with E-state index < -0.39 is 0 Å². The van der Waals surface area contributed by atoms with Gasteiger partial charge in [-0.1, -0.05) is 67.0 Å². The van der Waals surface area contributed by atoms with Crippen molar-refractivity contribution < 1.29 is 9.21 Å². The Bertz CT molecular complexity index is 1020. The number of aromatic nitrogens is 2. The molecule has 0 saturated heterocycles. The molecular formula is C23H27N3O2S2. The summed E-state index contributed by atoms with van der Waals surface area (Å²) < 4.78 is 7.15. The minimum Gasteiger partial charge on any atom is -0.451 e. The molecule has 0 N–H and O–H groups in total. The number of rotatable bonds is 6. The van der Waals surface area contributed by atoms with Crippen LogP contribution in [-0.2, 0) is 5.75 Å². The summed E-state index contributed by atoms with van der Waals surface area (Å²) in [6.07, 6.45) is 9.38. The van der Waals surface area contributed by atoms with Crippen LogP contribution in [0.1, 0.15) is 72.5 Å². The number of para-hydroxylation sites is 1. The average Bonchev–Trinajstić information content (AvgIpc) is 3.54. The number of amides is 1. The molecule has 7 heteroatoms. The first-order valence-corrected chi connectivity index (χ1v) is 12.8. The minimum atomic E-state index is 0.0917. The second kappa shape index (κ2) is 8.71.